The third kappa shape index (κ3) is 6.04. The molecule has 0 radical (unpaired) electrons. The number of hydrogen-bond donors (Lipinski definition) is 0. The largest absolute Gasteiger partial charge is 0.497 e. The van der Waals surface area contributed by atoms with Crippen LogP contribution in [0, 0.1) is 5.82 Å². The molecule has 0 saturated heterocycles. The molecule has 6 nitrogen and oxygen atoms in total. The minimum atomic E-state index is -4.39. The van der Waals surface area contributed by atoms with Gasteiger partial charge in [-0.15, -0.1) is 23.1 Å². The number of sulfonamides is 1. The van der Waals surface area contributed by atoms with E-state index in [1.54, 1.807) is 23.6 Å². The Labute approximate surface area is 229 Å². The number of thioether (sulfide) groups is 1. The van der Waals surface area contributed by atoms with Gasteiger partial charge in [0.05, 0.1) is 25.8 Å². The Balaban J connectivity index is 1.70. The third-order valence-corrected chi connectivity index (χ3v) is 9.87. The summed E-state index contributed by atoms with van der Waals surface area (Å²) in [5.74, 6) is 0.0894. The maximum Gasteiger partial charge on any atom is 0.269 e. The second-order valence-corrected chi connectivity index (χ2v) is 12.4. The van der Waals surface area contributed by atoms with Gasteiger partial charge in [-0.1, -0.05) is 41.9 Å². The first-order valence-corrected chi connectivity index (χ1v) is 14.7. The SMILES string of the molecule is COc1ccc(CN(c2nccs2)S(=O)(=O)c2cc(Cl)c(SC(C)c3ccccc3)cc2F)c(OC)c1. The van der Waals surface area contributed by atoms with Gasteiger partial charge in [0.2, 0.25) is 0 Å². The number of benzene rings is 3. The predicted molar refractivity (Wildman–Crippen MR) is 147 cm³/mol. The highest BCUT2D eigenvalue weighted by atomic mass is 35.5. The van der Waals surface area contributed by atoms with Gasteiger partial charge in [-0.05, 0) is 36.8 Å². The molecule has 0 amide bonds. The smallest absolute Gasteiger partial charge is 0.269 e. The van der Waals surface area contributed by atoms with E-state index < -0.39 is 20.7 Å². The minimum absolute atomic E-state index is 0.0186. The average Bonchev–Trinajstić information content (AvgIpc) is 3.43. The van der Waals surface area contributed by atoms with Crippen molar-refractivity contribution in [3.05, 3.63) is 94.2 Å². The highest BCUT2D eigenvalue weighted by molar-refractivity contribution is 7.99. The topological polar surface area (TPSA) is 68.7 Å². The molecule has 0 spiro atoms. The van der Waals surface area contributed by atoms with Crippen molar-refractivity contribution in [3.63, 3.8) is 0 Å². The van der Waals surface area contributed by atoms with Crippen LogP contribution < -0.4 is 13.8 Å². The summed E-state index contributed by atoms with van der Waals surface area (Å²) in [6.45, 7) is 1.84. The van der Waals surface area contributed by atoms with E-state index in [0.29, 0.717) is 22.0 Å². The molecule has 0 N–H and O–H groups in total. The number of ether oxygens (including phenoxy) is 2. The maximum atomic E-state index is 15.4. The molecule has 11 heteroatoms. The van der Waals surface area contributed by atoms with Crippen LogP contribution in [0.3, 0.4) is 0 Å². The van der Waals surface area contributed by atoms with E-state index in [1.807, 2.05) is 37.3 Å². The molecule has 0 bridgehead atoms. The number of aromatic nitrogens is 1. The zero-order valence-corrected chi connectivity index (χ0v) is 23.4. The van der Waals surface area contributed by atoms with Crippen LogP contribution in [0.1, 0.15) is 23.3 Å². The van der Waals surface area contributed by atoms with Crippen molar-refractivity contribution >= 4 is 49.9 Å². The van der Waals surface area contributed by atoms with Crippen LogP contribution in [0.25, 0.3) is 0 Å². The Morgan fingerprint density at radius 3 is 2.51 bits per heavy atom. The van der Waals surface area contributed by atoms with Gasteiger partial charge in [0, 0.05) is 33.4 Å². The molecule has 1 heterocycles. The van der Waals surface area contributed by atoms with E-state index in [0.717, 1.165) is 27.3 Å². The van der Waals surface area contributed by atoms with Crippen LogP contribution in [0.15, 0.2) is 82.0 Å². The van der Waals surface area contributed by atoms with Gasteiger partial charge < -0.3 is 9.47 Å². The Hall–Kier alpha value is -2.79. The molecule has 0 saturated carbocycles. The van der Waals surface area contributed by atoms with Gasteiger partial charge >= 0.3 is 0 Å². The number of halogens is 2. The van der Waals surface area contributed by atoms with Gasteiger partial charge in [-0.3, -0.25) is 0 Å². The number of rotatable bonds is 10. The van der Waals surface area contributed by atoms with Crippen molar-refractivity contribution in [1.82, 2.24) is 4.98 Å². The van der Waals surface area contributed by atoms with E-state index >= 15 is 4.39 Å². The Bertz CT molecular complexity index is 1470. The van der Waals surface area contributed by atoms with E-state index in [4.69, 9.17) is 21.1 Å². The first-order chi connectivity index (χ1) is 17.7. The van der Waals surface area contributed by atoms with Crippen molar-refractivity contribution in [2.45, 2.75) is 28.5 Å². The molecule has 4 rings (SSSR count). The summed E-state index contributed by atoms with van der Waals surface area (Å²) in [7, 11) is -1.39. The molecule has 194 valence electrons. The van der Waals surface area contributed by atoms with Crippen molar-refractivity contribution in [1.29, 1.82) is 0 Å². The standard InChI is InChI=1S/C26H24ClFN2O4S3/c1-17(18-7-5-4-6-8-18)36-24-15-22(28)25(14-21(24)27)37(31,32)30(26-29-11-12-35-26)16-19-9-10-20(33-2)13-23(19)34-3/h4-15,17H,16H2,1-3H3. The molecule has 4 aromatic rings. The first-order valence-electron chi connectivity index (χ1n) is 11.1. The molecule has 1 aromatic heterocycles. The Kier molecular flexibility index (Phi) is 8.63. The fourth-order valence-electron chi connectivity index (χ4n) is 3.63. The second kappa shape index (κ2) is 11.7. The minimum Gasteiger partial charge on any atom is -0.497 e. The van der Waals surface area contributed by atoms with E-state index in [1.165, 1.54) is 38.2 Å². The summed E-state index contributed by atoms with van der Waals surface area (Å²) in [4.78, 5) is 4.10. The zero-order valence-electron chi connectivity index (χ0n) is 20.2. The van der Waals surface area contributed by atoms with Gasteiger partial charge in [0.25, 0.3) is 10.0 Å². The molecule has 0 aliphatic heterocycles. The summed E-state index contributed by atoms with van der Waals surface area (Å²) >= 11 is 8.97. The number of methoxy groups -OCH3 is 2. The lowest BCUT2D eigenvalue weighted by molar-refractivity contribution is 0.391. The number of thiazole rings is 1. The van der Waals surface area contributed by atoms with Crippen LogP contribution in [0.5, 0.6) is 11.5 Å². The quantitative estimate of drug-likeness (QED) is 0.185. The number of hydrogen-bond acceptors (Lipinski definition) is 7. The summed E-state index contributed by atoms with van der Waals surface area (Å²) in [5.41, 5.74) is 1.60. The highest BCUT2D eigenvalue weighted by Crippen LogP contribution is 2.41. The summed E-state index contributed by atoms with van der Waals surface area (Å²) < 4.78 is 54.8. The first kappa shape index (κ1) is 27.3. The molecular formula is C26H24ClFN2O4S3. The lowest BCUT2D eigenvalue weighted by atomic mass is 10.2. The van der Waals surface area contributed by atoms with Crippen molar-refractivity contribution in [2.75, 3.05) is 18.5 Å². The maximum absolute atomic E-state index is 15.4. The molecule has 37 heavy (non-hydrogen) atoms. The summed E-state index contributed by atoms with van der Waals surface area (Å²) in [5, 5.41) is 1.96. The average molecular weight is 579 g/mol. The number of nitrogens with zero attached hydrogens (tertiary/aromatic N) is 2. The van der Waals surface area contributed by atoms with Crippen LogP contribution in [0.4, 0.5) is 9.52 Å². The fraction of sp³-hybridized carbons (Fsp3) is 0.192. The third-order valence-electron chi connectivity index (χ3n) is 5.57. The van der Waals surface area contributed by atoms with E-state index in [-0.39, 0.29) is 21.9 Å². The van der Waals surface area contributed by atoms with Crippen LogP contribution in [-0.4, -0.2) is 27.6 Å². The van der Waals surface area contributed by atoms with Crippen molar-refractivity contribution in [2.24, 2.45) is 0 Å². The van der Waals surface area contributed by atoms with Crippen LogP contribution >= 0.6 is 34.7 Å². The molecular weight excluding hydrogens is 555 g/mol. The van der Waals surface area contributed by atoms with Gasteiger partial charge in [0.15, 0.2) is 5.13 Å². The zero-order chi connectivity index (χ0) is 26.6. The van der Waals surface area contributed by atoms with Gasteiger partial charge in [-0.25, -0.2) is 22.1 Å². The lowest BCUT2D eigenvalue weighted by Crippen LogP contribution is -2.31. The van der Waals surface area contributed by atoms with Crippen molar-refractivity contribution in [3.8, 4) is 11.5 Å². The Morgan fingerprint density at radius 1 is 1.11 bits per heavy atom. The van der Waals surface area contributed by atoms with Gasteiger partial charge in [-0.2, -0.15) is 0 Å². The van der Waals surface area contributed by atoms with E-state index in [9.17, 15) is 8.42 Å². The molecule has 3 aromatic carbocycles. The fourth-order valence-corrected chi connectivity index (χ4v) is 7.35. The molecule has 0 aliphatic carbocycles. The molecule has 0 fully saturated rings. The normalized spacial score (nSPS) is 12.2. The highest BCUT2D eigenvalue weighted by Gasteiger charge is 2.32. The van der Waals surface area contributed by atoms with Crippen LogP contribution in [0.2, 0.25) is 5.02 Å². The molecule has 0 aliphatic rings. The molecule has 1 atom stereocenters. The van der Waals surface area contributed by atoms with Crippen molar-refractivity contribution < 1.29 is 22.3 Å². The van der Waals surface area contributed by atoms with E-state index in [2.05, 4.69) is 4.98 Å². The summed E-state index contributed by atoms with van der Waals surface area (Å²) in [6.07, 6.45) is 1.49. The monoisotopic (exact) mass is 578 g/mol. The number of anilines is 1. The molecule has 1 unspecified atom stereocenters. The van der Waals surface area contributed by atoms with Crippen LogP contribution in [-0.2, 0) is 16.6 Å². The predicted octanol–water partition coefficient (Wildman–Crippen LogP) is 7.20. The summed E-state index contributed by atoms with van der Waals surface area (Å²) in [6, 6.07) is 17.1. The Morgan fingerprint density at radius 2 is 1.86 bits per heavy atom. The second-order valence-electron chi connectivity index (χ2n) is 7.89. The lowest BCUT2D eigenvalue weighted by Gasteiger charge is -2.24. The van der Waals surface area contributed by atoms with Gasteiger partial charge in [0.1, 0.15) is 22.2 Å².